The molecule has 1 aromatic carbocycles. The molecule has 1 aromatic heterocycles. The molecule has 4 N–H and O–H groups in total. The molecule has 2 amide bonds. The number of ether oxygens (including phenoxy) is 1. The van der Waals surface area contributed by atoms with E-state index in [0.717, 1.165) is 0 Å². The lowest BCUT2D eigenvalue weighted by Crippen LogP contribution is -2.16. The van der Waals surface area contributed by atoms with Crippen LogP contribution in [0.4, 0.5) is 5.69 Å². The Morgan fingerprint density at radius 1 is 1.35 bits per heavy atom. The zero-order chi connectivity index (χ0) is 14.4. The number of primary amides is 1. The smallest absolute Gasteiger partial charge is 0.258 e. The molecule has 7 nitrogen and oxygen atoms in total. The van der Waals surface area contributed by atoms with E-state index in [9.17, 15) is 9.59 Å². The minimum atomic E-state index is -0.440. The third-order valence-electron chi connectivity index (χ3n) is 2.50. The van der Waals surface area contributed by atoms with Gasteiger partial charge in [0.05, 0.1) is 30.5 Å². The number of aromatic amines is 1. The van der Waals surface area contributed by atoms with Gasteiger partial charge in [0.15, 0.2) is 0 Å². The van der Waals surface area contributed by atoms with Crippen LogP contribution in [-0.4, -0.2) is 28.6 Å². The molecule has 0 fully saturated rings. The van der Waals surface area contributed by atoms with E-state index in [1.165, 1.54) is 12.4 Å². The van der Waals surface area contributed by atoms with E-state index in [2.05, 4.69) is 15.5 Å². The second-order valence-electron chi connectivity index (χ2n) is 4.00. The van der Waals surface area contributed by atoms with E-state index < -0.39 is 5.91 Å². The zero-order valence-corrected chi connectivity index (χ0v) is 10.6. The molecule has 0 aliphatic rings. The topological polar surface area (TPSA) is 110 Å². The first-order valence-corrected chi connectivity index (χ1v) is 5.97. The molecular formula is C13H14N4O3. The molecule has 0 aliphatic heterocycles. The van der Waals surface area contributed by atoms with Crippen LogP contribution < -0.4 is 15.8 Å². The predicted octanol–water partition coefficient (Wildman–Crippen LogP) is 0.916. The van der Waals surface area contributed by atoms with Gasteiger partial charge >= 0.3 is 0 Å². The number of anilines is 1. The van der Waals surface area contributed by atoms with Crippen molar-refractivity contribution in [3.63, 3.8) is 0 Å². The highest BCUT2D eigenvalue weighted by atomic mass is 16.5. The van der Waals surface area contributed by atoms with Gasteiger partial charge in [-0.15, -0.1) is 0 Å². The van der Waals surface area contributed by atoms with E-state index in [-0.39, 0.29) is 18.9 Å². The Balaban J connectivity index is 2.04. The van der Waals surface area contributed by atoms with Crippen LogP contribution in [0.1, 0.15) is 16.8 Å². The Bertz CT molecular complexity index is 595. The minimum absolute atomic E-state index is 0.115. The van der Waals surface area contributed by atoms with Gasteiger partial charge in [-0.1, -0.05) is 12.1 Å². The number of amides is 2. The van der Waals surface area contributed by atoms with Gasteiger partial charge < -0.3 is 15.8 Å². The van der Waals surface area contributed by atoms with Gasteiger partial charge in [-0.2, -0.15) is 5.10 Å². The highest BCUT2D eigenvalue weighted by molar-refractivity contribution is 6.04. The summed E-state index contributed by atoms with van der Waals surface area (Å²) in [4.78, 5) is 22.6. The maximum Gasteiger partial charge on any atom is 0.258 e. The minimum Gasteiger partial charge on any atom is -0.491 e. The number of carbonyl (C=O) groups is 2. The maximum atomic E-state index is 11.9. The van der Waals surface area contributed by atoms with E-state index in [1.807, 2.05) is 0 Å². The number of nitrogens with two attached hydrogens (primary N) is 1. The molecule has 1 heterocycles. The number of para-hydroxylation sites is 2. The number of H-pyrrole nitrogens is 1. The van der Waals surface area contributed by atoms with Crippen LogP contribution in [0.5, 0.6) is 5.75 Å². The normalized spacial score (nSPS) is 10.0. The van der Waals surface area contributed by atoms with E-state index >= 15 is 0 Å². The van der Waals surface area contributed by atoms with Crippen LogP contribution in [0, 0.1) is 0 Å². The maximum absolute atomic E-state index is 11.9. The van der Waals surface area contributed by atoms with Crippen molar-refractivity contribution in [1.29, 1.82) is 0 Å². The van der Waals surface area contributed by atoms with Crippen LogP contribution in [0.2, 0.25) is 0 Å². The fourth-order valence-corrected chi connectivity index (χ4v) is 1.53. The Morgan fingerprint density at radius 2 is 2.15 bits per heavy atom. The van der Waals surface area contributed by atoms with Gasteiger partial charge in [0.2, 0.25) is 5.91 Å². The van der Waals surface area contributed by atoms with Crippen molar-refractivity contribution in [3.05, 3.63) is 42.2 Å². The number of rotatable bonds is 6. The summed E-state index contributed by atoms with van der Waals surface area (Å²) in [6, 6.07) is 6.95. The summed E-state index contributed by atoms with van der Waals surface area (Å²) >= 11 is 0. The van der Waals surface area contributed by atoms with Crippen molar-refractivity contribution in [3.8, 4) is 5.75 Å². The van der Waals surface area contributed by atoms with E-state index in [0.29, 0.717) is 17.0 Å². The highest BCUT2D eigenvalue weighted by Gasteiger charge is 2.10. The Kier molecular flexibility index (Phi) is 4.33. The predicted molar refractivity (Wildman–Crippen MR) is 72.3 cm³/mol. The molecule has 2 aromatic rings. The number of nitrogens with zero attached hydrogens (tertiary/aromatic N) is 1. The van der Waals surface area contributed by atoms with Crippen LogP contribution in [0.15, 0.2) is 36.7 Å². The fourth-order valence-electron chi connectivity index (χ4n) is 1.53. The van der Waals surface area contributed by atoms with Gasteiger partial charge in [-0.3, -0.25) is 14.7 Å². The third-order valence-corrected chi connectivity index (χ3v) is 2.50. The third kappa shape index (κ3) is 3.58. The van der Waals surface area contributed by atoms with Gasteiger partial charge in [0.1, 0.15) is 5.75 Å². The summed E-state index contributed by atoms with van der Waals surface area (Å²) in [5, 5.41) is 8.98. The number of hydrogen-bond donors (Lipinski definition) is 3. The molecule has 0 bridgehead atoms. The molecule has 2 rings (SSSR count). The number of nitrogens with one attached hydrogen (secondary N) is 2. The van der Waals surface area contributed by atoms with Crippen molar-refractivity contribution in [1.82, 2.24) is 10.2 Å². The first-order chi connectivity index (χ1) is 9.66. The lowest BCUT2D eigenvalue weighted by atomic mass is 10.2. The quantitative estimate of drug-likeness (QED) is 0.727. The van der Waals surface area contributed by atoms with Gasteiger partial charge in [0, 0.05) is 6.20 Å². The zero-order valence-electron chi connectivity index (χ0n) is 10.6. The van der Waals surface area contributed by atoms with Crippen molar-refractivity contribution in [2.45, 2.75) is 6.42 Å². The van der Waals surface area contributed by atoms with Crippen molar-refractivity contribution in [2.75, 3.05) is 11.9 Å². The second kappa shape index (κ2) is 6.37. The first-order valence-electron chi connectivity index (χ1n) is 5.97. The van der Waals surface area contributed by atoms with Gasteiger partial charge in [0.25, 0.3) is 5.91 Å². The van der Waals surface area contributed by atoms with Crippen molar-refractivity contribution in [2.24, 2.45) is 5.73 Å². The first kappa shape index (κ1) is 13.6. The SMILES string of the molecule is NC(=O)CCOc1ccccc1NC(=O)c1cn[nH]c1. The average molecular weight is 274 g/mol. The van der Waals surface area contributed by atoms with Crippen LogP contribution >= 0.6 is 0 Å². The highest BCUT2D eigenvalue weighted by Crippen LogP contribution is 2.24. The monoisotopic (exact) mass is 274 g/mol. The van der Waals surface area contributed by atoms with Crippen LogP contribution in [0.25, 0.3) is 0 Å². The average Bonchev–Trinajstić information content (AvgIpc) is 2.94. The molecule has 7 heteroatoms. The second-order valence-corrected chi connectivity index (χ2v) is 4.00. The largest absolute Gasteiger partial charge is 0.491 e. The van der Waals surface area contributed by atoms with E-state index in [4.69, 9.17) is 10.5 Å². The number of benzene rings is 1. The van der Waals surface area contributed by atoms with Crippen LogP contribution in [-0.2, 0) is 4.79 Å². The summed E-state index contributed by atoms with van der Waals surface area (Å²) in [5.74, 6) is -0.264. The molecule has 0 unspecified atom stereocenters. The molecule has 20 heavy (non-hydrogen) atoms. The Hall–Kier alpha value is -2.83. The molecule has 0 radical (unpaired) electrons. The number of hydrogen-bond acceptors (Lipinski definition) is 4. The summed E-state index contributed by atoms with van der Waals surface area (Å²) < 4.78 is 5.43. The number of carbonyl (C=O) groups excluding carboxylic acids is 2. The Labute approximate surface area is 115 Å². The van der Waals surface area contributed by atoms with Crippen molar-refractivity contribution >= 4 is 17.5 Å². The molecule has 0 aliphatic carbocycles. The Morgan fingerprint density at radius 3 is 2.85 bits per heavy atom. The summed E-state index contributed by atoms with van der Waals surface area (Å²) in [6.07, 6.45) is 3.03. The summed E-state index contributed by atoms with van der Waals surface area (Å²) in [7, 11) is 0. The lowest BCUT2D eigenvalue weighted by Gasteiger charge is -2.11. The van der Waals surface area contributed by atoms with Crippen LogP contribution in [0.3, 0.4) is 0 Å². The summed E-state index contributed by atoms with van der Waals surface area (Å²) in [5.41, 5.74) is 5.97. The molecule has 104 valence electrons. The molecular weight excluding hydrogens is 260 g/mol. The van der Waals surface area contributed by atoms with Gasteiger partial charge in [-0.05, 0) is 12.1 Å². The summed E-state index contributed by atoms with van der Waals surface area (Å²) in [6.45, 7) is 0.161. The van der Waals surface area contributed by atoms with Crippen molar-refractivity contribution < 1.29 is 14.3 Å². The fraction of sp³-hybridized carbons (Fsp3) is 0.154. The van der Waals surface area contributed by atoms with Gasteiger partial charge in [-0.25, -0.2) is 0 Å². The standard InChI is InChI=1S/C13H14N4O3/c14-12(18)5-6-20-11-4-2-1-3-10(11)17-13(19)9-7-15-16-8-9/h1-4,7-8H,5-6H2,(H2,14,18)(H,15,16)(H,17,19). The lowest BCUT2D eigenvalue weighted by molar-refractivity contribution is -0.118. The molecule has 0 atom stereocenters. The van der Waals surface area contributed by atoms with E-state index in [1.54, 1.807) is 24.3 Å². The number of aromatic nitrogens is 2. The molecule has 0 spiro atoms. The molecule has 0 saturated heterocycles. The molecule has 0 saturated carbocycles.